The van der Waals surface area contributed by atoms with Gasteiger partial charge in [0.15, 0.2) is 0 Å². The number of nitrogens with zero attached hydrogens (tertiary/aromatic N) is 3. The SMILES string of the molecule is [2H]c1c([2H])c([2H])c(-c2cccc(-n3c4c([2H])c([2H])c([2H])c([2H])c4c4c([2H])c([2H])c(-n5c6c([2H])c([2H])c([2H])c([2H])c6c6c([2H])c([2H])c([2H])c(-n7c8c([2H])c([2H])c([2H])c([2H])c8c8c([2H])c([2H])c([2H])c([2H])c87)c65)c([2H])c43)c2)c([2H])c1[2H]. The van der Waals surface area contributed by atoms with Gasteiger partial charge < -0.3 is 13.7 Å². The smallest absolute Gasteiger partial charge is 0.0782 e. The van der Waals surface area contributed by atoms with Crippen LogP contribution >= 0.6 is 0 Å². The predicted octanol–water partition coefficient (Wildman–Crippen LogP) is 12.6. The van der Waals surface area contributed by atoms with Gasteiger partial charge in [-0.25, -0.2) is 0 Å². The Hall–Kier alpha value is -6.84. The van der Waals surface area contributed by atoms with Crippen molar-refractivity contribution < 1.29 is 37.0 Å². The largest absolute Gasteiger partial charge is 0.309 e. The normalized spacial score (nSPS) is 19.3. The third kappa shape index (κ3) is 4.06. The van der Waals surface area contributed by atoms with E-state index in [0.29, 0.717) is 0 Å². The van der Waals surface area contributed by atoms with Crippen molar-refractivity contribution in [3.05, 3.63) is 187 Å². The Morgan fingerprint density at radius 3 is 1.55 bits per heavy atom. The molecule has 0 saturated carbocycles. The summed E-state index contributed by atoms with van der Waals surface area (Å²) in [4.78, 5) is 0. The average molecular weight is 677 g/mol. The monoisotopic (exact) mass is 676 g/mol. The van der Waals surface area contributed by atoms with Crippen LogP contribution in [0.15, 0.2) is 187 Å². The molecular weight excluding hydrogens is 619 g/mol. The molecule has 11 aromatic rings. The van der Waals surface area contributed by atoms with Crippen molar-refractivity contribution in [1.82, 2.24) is 13.7 Å². The summed E-state index contributed by atoms with van der Waals surface area (Å²) in [6.07, 6.45) is 0. The molecule has 0 aliphatic carbocycles. The summed E-state index contributed by atoms with van der Waals surface area (Å²) >= 11 is 0. The van der Waals surface area contributed by atoms with E-state index in [4.69, 9.17) is 20.6 Å². The summed E-state index contributed by atoms with van der Waals surface area (Å²) in [6.45, 7) is 0. The number of hydrogen-bond donors (Lipinski definition) is 0. The summed E-state index contributed by atoms with van der Waals surface area (Å²) < 4.78 is 247. The van der Waals surface area contributed by atoms with Crippen LogP contribution < -0.4 is 0 Å². The second-order valence-corrected chi connectivity index (χ2v) is 11.3. The second-order valence-electron chi connectivity index (χ2n) is 11.3. The number of benzene rings is 8. The Bertz CT molecular complexity index is 4600. The molecule has 11 rings (SSSR count). The highest BCUT2D eigenvalue weighted by Gasteiger charge is 2.21. The van der Waals surface area contributed by atoms with Crippen molar-refractivity contribution in [2.45, 2.75) is 0 Å². The van der Waals surface area contributed by atoms with E-state index < -0.39 is 229 Å². The molecule has 0 bridgehead atoms. The minimum atomic E-state index is -0.988. The van der Waals surface area contributed by atoms with Crippen molar-refractivity contribution in [2.24, 2.45) is 0 Å². The van der Waals surface area contributed by atoms with Crippen LogP contribution in [0.1, 0.15) is 37.0 Å². The predicted molar refractivity (Wildman–Crippen MR) is 215 cm³/mol. The first-order valence-electron chi connectivity index (χ1n) is 28.8. The third-order valence-electron chi connectivity index (χ3n) is 8.71. The first kappa shape index (κ1) is 12.5. The maximum Gasteiger partial charge on any atom is 0.0782 e. The zero-order valence-corrected chi connectivity index (χ0v) is 25.7. The van der Waals surface area contributed by atoms with Crippen molar-refractivity contribution in [2.75, 3.05) is 0 Å². The molecule has 0 saturated heterocycles. The molecule has 0 aliphatic rings. The van der Waals surface area contributed by atoms with E-state index in [1.165, 1.54) is 24.3 Å². The molecule has 3 heteroatoms. The highest BCUT2D eigenvalue weighted by Crippen LogP contribution is 2.41. The van der Waals surface area contributed by atoms with E-state index in [2.05, 4.69) is 0 Å². The number of para-hydroxylation sites is 5. The van der Waals surface area contributed by atoms with E-state index in [1.54, 1.807) is 0 Å². The van der Waals surface area contributed by atoms with Gasteiger partial charge in [0.2, 0.25) is 0 Å². The van der Waals surface area contributed by atoms with E-state index in [9.17, 15) is 16.4 Å². The molecule has 0 fully saturated rings. The first-order valence-corrected chi connectivity index (χ1v) is 15.3. The van der Waals surface area contributed by atoms with Crippen molar-refractivity contribution in [1.29, 1.82) is 0 Å². The topological polar surface area (TPSA) is 14.8 Å². The standard InChI is InChI=1S/C48H31N3/c1-2-14-32(15-3-1)33-16-12-17-34(30-33)49-42-23-8-4-20-38(42)40-29-28-35(31-47(40)49)50-43-24-9-7-21-39(43)41-22-13-27-46(48(41)50)51-44-25-10-5-18-36(44)37-19-6-11-26-45(37)51/h1-31H/i1D,2D,3D,4D,5D,6D,7D,8D,9D,10D,11D,13D,14D,15D,18D,19D,20D,21D,22D,23D,24D,25D,26D,27D,28D,29D,31D. The zero-order valence-electron chi connectivity index (χ0n) is 52.7. The molecule has 3 heterocycles. The highest BCUT2D eigenvalue weighted by molar-refractivity contribution is 6.16. The van der Waals surface area contributed by atoms with Gasteiger partial charge in [0, 0.05) is 43.7 Å². The fourth-order valence-corrected chi connectivity index (χ4v) is 6.65. The molecule has 0 radical (unpaired) electrons. The van der Waals surface area contributed by atoms with Gasteiger partial charge >= 0.3 is 0 Å². The van der Waals surface area contributed by atoms with Gasteiger partial charge in [-0.3, -0.25) is 0 Å². The van der Waals surface area contributed by atoms with Gasteiger partial charge in [-0.15, -0.1) is 0 Å². The molecule has 0 aliphatic heterocycles. The fourth-order valence-electron chi connectivity index (χ4n) is 6.65. The van der Waals surface area contributed by atoms with Crippen LogP contribution in [0.3, 0.4) is 0 Å². The van der Waals surface area contributed by atoms with Crippen molar-refractivity contribution in [3.8, 4) is 28.2 Å². The van der Waals surface area contributed by atoms with E-state index in [-0.39, 0.29) is 27.7 Å². The number of hydrogen-bond acceptors (Lipinski definition) is 0. The van der Waals surface area contributed by atoms with Crippen LogP contribution in [-0.2, 0) is 0 Å². The third-order valence-corrected chi connectivity index (χ3v) is 8.71. The number of fused-ring (bicyclic) bond motifs is 9. The quantitative estimate of drug-likeness (QED) is 0.176. The molecule has 8 aromatic carbocycles. The Morgan fingerprint density at radius 2 is 0.882 bits per heavy atom. The maximum atomic E-state index is 10.3. The van der Waals surface area contributed by atoms with Crippen LogP contribution in [0.25, 0.3) is 93.6 Å². The lowest BCUT2D eigenvalue weighted by Crippen LogP contribution is -2.01. The summed E-state index contributed by atoms with van der Waals surface area (Å²) in [5.41, 5.74) is -5.28. The molecule has 238 valence electrons. The number of rotatable bonds is 4. The number of aromatic nitrogens is 3. The van der Waals surface area contributed by atoms with Crippen LogP contribution in [0, 0.1) is 0 Å². The summed E-state index contributed by atoms with van der Waals surface area (Å²) in [7, 11) is 0. The van der Waals surface area contributed by atoms with Crippen molar-refractivity contribution in [3.63, 3.8) is 0 Å². The maximum absolute atomic E-state index is 10.3. The van der Waals surface area contributed by atoms with Crippen LogP contribution in [0.4, 0.5) is 0 Å². The van der Waals surface area contributed by atoms with Gasteiger partial charge in [-0.1, -0.05) is 133 Å². The minimum Gasteiger partial charge on any atom is -0.309 e. The molecule has 0 spiro atoms. The van der Waals surface area contributed by atoms with Crippen molar-refractivity contribution >= 4 is 65.4 Å². The lowest BCUT2D eigenvalue weighted by Gasteiger charge is -2.15. The van der Waals surface area contributed by atoms with Gasteiger partial charge in [0.05, 0.1) is 75.8 Å². The molecule has 0 unspecified atom stereocenters. The lowest BCUT2D eigenvalue weighted by molar-refractivity contribution is 1.13. The Labute approximate surface area is 332 Å². The van der Waals surface area contributed by atoms with Crippen LogP contribution in [-0.4, -0.2) is 13.7 Å². The van der Waals surface area contributed by atoms with Gasteiger partial charge in [0.25, 0.3) is 0 Å². The summed E-state index contributed by atoms with van der Waals surface area (Å²) in [6, 6.07) is -16.7. The van der Waals surface area contributed by atoms with Gasteiger partial charge in [-0.05, 0) is 65.6 Å². The summed E-state index contributed by atoms with van der Waals surface area (Å²) in [5.74, 6) is 0. The molecule has 3 nitrogen and oxygen atoms in total. The fraction of sp³-hybridized carbons (Fsp3) is 0. The minimum absolute atomic E-state index is 0.0161. The molecule has 51 heavy (non-hydrogen) atoms. The van der Waals surface area contributed by atoms with E-state index in [1.807, 2.05) is 0 Å². The zero-order chi connectivity index (χ0) is 57.0. The molecular formula is C48H31N3. The Kier molecular flexibility index (Phi) is 2.65. The van der Waals surface area contributed by atoms with E-state index in [0.717, 1.165) is 13.7 Å². The van der Waals surface area contributed by atoms with Gasteiger partial charge in [-0.2, -0.15) is 0 Å². The lowest BCUT2D eigenvalue weighted by atomic mass is 10.1. The molecule has 0 atom stereocenters. The Balaban J connectivity index is 1.44. The molecule has 0 N–H and O–H groups in total. The van der Waals surface area contributed by atoms with Crippen LogP contribution in [0.2, 0.25) is 0 Å². The second kappa shape index (κ2) is 10.8. The van der Waals surface area contributed by atoms with E-state index >= 15 is 0 Å². The summed E-state index contributed by atoms with van der Waals surface area (Å²) in [5, 5.41) is -2.94. The molecule has 0 amide bonds. The first-order chi connectivity index (χ1) is 36.6. The average Bonchev–Trinajstić information content (AvgIpc) is 4.23. The Morgan fingerprint density at radius 1 is 0.353 bits per heavy atom. The van der Waals surface area contributed by atoms with Gasteiger partial charge in [0.1, 0.15) is 0 Å². The molecule has 3 aromatic heterocycles. The highest BCUT2D eigenvalue weighted by atomic mass is 15.1. The van der Waals surface area contributed by atoms with Crippen LogP contribution in [0.5, 0.6) is 0 Å².